The fraction of sp³-hybridized carbons (Fsp3) is 1.00. The minimum absolute atomic E-state index is 0.0875. The Morgan fingerprint density at radius 2 is 2.00 bits per heavy atom. The van der Waals surface area contributed by atoms with Crippen LogP contribution in [-0.4, -0.2) is 34.7 Å². The number of aliphatic hydroxyl groups excluding tert-OH is 1. The van der Waals surface area contributed by atoms with Crippen LogP contribution in [0.25, 0.3) is 0 Å². The summed E-state index contributed by atoms with van der Waals surface area (Å²) < 4.78 is 0. The predicted molar refractivity (Wildman–Crippen MR) is 76.7 cm³/mol. The molecule has 2 heteroatoms. The van der Waals surface area contributed by atoms with Crippen LogP contribution in [0.5, 0.6) is 0 Å². The van der Waals surface area contributed by atoms with Gasteiger partial charge >= 0.3 is 0 Å². The van der Waals surface area contributed by atoms with Crippen LogP contribution >= 0.6 is 0 Å². The Bertz CT molecular complexity index is 262. The SMILES string of the molecule is CCCC1CCCCN1C1CC(C)(C)CCC1O. The van der Waals surface area contributed by atoms with Crippen molar-refractivity contribution in [1.82, 2.24) is 4.90 Å². The van der Waals surface area contributed by atoms with Crippen molar-refractivity contribution in [2.24, 2.45) is 5.41 Å². The van der Waals surface area contributed by atoms with E-state index < -0.39 is 0 Å². The van der Waals surface area contributed by atoms with E-state index >= 15 is 0 Å². The van der Waals surface area contributed by atoms with Crippen molar-refractivity contribution < 1.29 is 5.11 Å². The highest BCUT2D eigenvalue weighted by Gasteiger charge is 2.39. The molecule has 1 aliphatic heterocycles. The molecule has 2 rings (SSSR count). The lowest BCUT2D eigenvalue weighted by atomic mass is 9.72. The summed E-state index contributed by atoms with van der Waals surface area (Å²) in [5, 5.41) is 10.4. The van der Waals surface area contributed by atoms with Crippen molar-refractivity contribution in [3.05, 3.63) is 0 Å². The molecule has 106 valence electrons. The zero-order valence-electron chi connectivity index (χ0n) is 12.5. The number of likely N-dealkylation sites (tertiary alicyclic amines) is 1. The number of nitrogens with zero attached hydrogens (tertiary/aromatic N) is 1. The van der Waals surface area contributed by atoms with Gasteiger partial charge in [0.2, 0.25) is 0 Å². The van der Waals surface area contributed by atoms with E-state index in [0.717, 1.165) is 12.5 Å². The highest BCUT2D eigenvalue weighted by molar-refractivity contribution is 4.94. The highest BCUT2D eigenvalue weighted by atomic mass is 16.3. The molecule has 0 amide bonds. The number of hydrogen-bond acceptors (Lipinski definition) is 2. The second kappa shape index (κ2) is 5.92. The number of rotatable bonds is 3. The fourth-order valence-electron chi connectivity index (χ4n) is 3.98. The third-order valence-electron chi connectivity index (χ3n) is 5.04. The Balaban J connectivity index is 2.06. The molecule has 0 aromatic rings. The standard InChI is InChI=1S/C16H31NO/c1-4-7-13-8-5-6-11-17(13)14-12-16(2,3)10-9-15(14)18/h13-15,18H,4-12H2,1-3H3. The molecular weight excluding hydrogens is 222 g/mol. The van der Waals surface area contributed by atoms with E-state index in [-0.39, 0.29) is 6.10 Å². The normalized spacial score (nSPS) is 37.7. The Morgan fingerprint density at radius 1 is 1.22 bits per heavy atom. The van der Waals surface area contributed by atoms with Crippen LogP contribution in [0.4, 0.5) is 0 Å². The topological polar surface area (TPSA) is 23.5 Å². The summed E-state index contributed by atoms with van der Waals surface area (Å²) in [6.07, 6.45) is 9.89. The van der Waals surface area contributed by atoms with Crippen LogP contribution < -0.4 is 0 Å². The lowest BCUT2D eigenvalue weighted by molar-refractivity contribution is -0.0459. The number of aliphatic hydroxyl groups is 1. The summed E-state index contributed by atoms with van der Waals surface area (Å²) in [6, 6.07) is 1.16. The van der Waals surface area contributed by atoms with Gasteiger partial charge < -0.3 is 5.11 Å². The smallest absolute Gasteiger partial charge is 0.0695 e. The molecule has 2 aliphatic rings. The molecule has 2 fully saturated rings. The van der Waals surface area contributed by atoms with E-state index in [1.165, 1.54) is 51.5 Å². The highest BCUT2D eigenvalue weighted by Crippen LogP contribution is 2.39. The molecule has 3 atom stereocenters. The van der Waals surface area contributed by atoms with Gasteiger partial charge in [0, 0.05) is 12.1 Å². The summed E-state index contributed by atoms with van der Waals surface area (Å²) in [5.41, 5.74) is 0.415. The summed E-state index contributed by atoms with van der Waals surface area (Å²) in [6.45, 7) is 8.23. The van der Waals surface area contributed by atoms with Gasteiger partial charge in [0.05, 0.1) is 6.10 Å². The van der Waals surface area contributed by atoms with Gasteiger partial charge in [-0.2, -0.15) is 0 Å². The zero-order chi connectivity index (χ0) is 13.2. The first-order valence-electron chi connectivity index (χ1n) is 7.97. The van der Waals surface area contributed by atoms with Gasteiger partial charge in [-0.25, -0.2) is 0 Å². The van der Waals surface area contributed by atoms with Gasteiger partial charge in [-0.3, -0.25) is 4.90 Å². The maximum atomic E-state index is 10.4. The Morgan fingerprint density at radius 3 is 2.72 bits per heavy atom. The van der Waals surface area contributed by atoms with Crippen LogP contribution in [0.1, 0.15) is 72.1 Å². The van der Waals surface area contributed by atoms with Crippen LogP contribution in [0.2, 0.25) is 0 Å². The Hall–Kier alpha value is -0.0800. The van der Waals surface area contributed by atoms with Crippen molar-refractivity contribution in [3.63, 3.8) is 0 Å². The molecule has 0 spiro atoms. The summed E-state index contributed by atoms with van der Waals surface area (Å²) >= 11 is 0. The predicted octanol–water partition coefficient (Wildman–Crippen LogP) is 3.58. The van der Waals surface area contributed by atoms with Gasteiger partial charge in [0.1, 0.15) is 0 Å². The Labute approximate surface area is 113 Å². The quantitative estimate of drug-likeness (QED) is 0.831. The molecule has 0 aromatic heterocycles. The molecular formula is C16H31NO. The van der Waals surface area contributed by atoms with E-state index in [1.807, 2.05) is 0 Å². The minimum atomic E-state index is -0.0875. The summed E-state index contributed by atoms with van der Waals surface area (Å²) in [7, 11) is 0. The van der Waals surface area contributed by atoms with Crippen LogP contribution in [0.3, 0.4) is 0 Å². The van der Waals surface area contributed by atoms with Gasteiger partial charge in [-0.15, -0.1) is 0 Å². The van der Waals surface area contributed by atoms with Crippen molar-refractivity contribution in [2.45, 2.75) is 90.3 Å². The van der Waals surface area contributed by atoms with E-state index in [1.54, 1.807) is 0 Å². The zero-order valence-corrected chi connectivity index (χ0v) is 12.5. The first-order valence-corrected chi connectivity index (χ1v) is 7.97. The first-order chi connectivity index (χ1) is 8.53. The molecule has 0 aromatic carbocycles. The van der Waals surface area contributed by atoms with Gasteiger partial charge in [-0.05, 0) is 50.5 Å². The van der Waals surface area contributed by atoms with Gasteiger partial charge in [0.15, 0.2) is 0 Å². The van der Waals surface area contributed by atoms with Gasteiger partial charge in [0.25, 0.3) is 0 Å². The third kappa shape index (κ3) is 3.27. The van der Waals surface area contributed by atoms with Crippen molar-refractivity contribution in [3.8, 4) is 0 Å². The second-order valence-electron chi connectivity index (χ2n) is 7.22. The summed E-state index contributed by atoms with van der Waals surface area (Å²) in [5.74, 6) is 0. The third-order valence-corrected chi connectivity index (χ3v) is 5.04. The minimum Gasteiger partial charge on any atom is -0.391 e. The molecule has 3 unspecified atom stereocenters. The van der Waals surface area contributed by atoms with E-state index in [0.29, 0.717) is 11.5 Å². The van der Waals surface area contributed by atoms with Crippen LogP contribution in [0, 0.1) is 5.41 Å². The van der Waals surface area contributed by atoms with Gasteiger partial charge in [-0.1, -0.05) is 33.6 Å². The molecule has 2 nitrogen and oxygen atoms in total. The average molecular weight is 253 g/mol. The fourth-order valence-corrected chi connectivity index (χ4v) is 3.98. The second-order valence-corrected chi connectivity index (χ2v) is 7.22. The van der Waals surface area contributed by atoms with Crippen LogP contribution in [-0.2, 0) is 0 Å². The molecule has 1 saturated carbocycles. The van der Waals surface area contributed by atoms with E-state index in [4.69, 9.17) is 0 Å². The lowest BCUT2D eigenvalue weighted by Gasteiger charge is -2.48. The maximum Gasteiger partial charge on any atom is 0.0695 e. The summed E-state index contributed by atoms with van der Waals surface area (Å²) in [4.78, 5) is 2.67. The lowest BCUT2D eigenvalue weighted by Crippen LogP contribution is -2.54. The van der Waals surface area contributed by atoms with Crippen LogP contribution in [0.15, 0.2) is 0 Å². The molecule has 0 bridgehead atoms. The van der Waals surface area contributed by atoms with Crippen molar-refractivity contribution >= 4 is 0 Å². The number of hydrogen-bond donors (Lipinski definition) is 1. The number of piperidine rings is 1. The molecule has 18 heavy (non-hydrogen) atoms. The molecule has 1 N–H and O–H groups in total. The molecule has 0 radical (unpaired) electrons. The monoisotopic (exact) mass is 253 g/mol. The molecule has 1 heterocycles. The van der Waals surface area contributed by atoms with E-state index in [9.17, 15) is 5.11 Å². The van der Waals surface area contributed by atoms with Crippen molar-refractivity contribution in [2.75, 3.05) is 6.54 Å². The largest absolute Gasteiger partial charge is 0.391 e. The molecule has 1 saturated heterocycles. The maximum absolute atomic E-state index is 10.4. The van der Waals surface area contributed by atoms with E-state index in [2.05, 4.69) is 25.7 Å². The average Bonchev–Trinajstić information content (AvgIpc) is 2.34. The van der Waals surface area contributed by atoms with Crippen molar-refractivity contribution in [1.29, 1.82) is 0 Å². The Kier molecular flexibility index (Phi) is 4.71. The molecule has 1 aliphatic carbocycles. The first kappa shape index (κ1) is 14.3.